The Labute approximate surface area is 150 Å². The molecule has 0 bridgehead atoms. The molecule has 2 N–H and O–H groups in total. The van der Waals surface area contributed by atoms with Gasteiger partial charge < -0.3 is 5.73 Å². The summed E-state index contributed by atoms with van der Waals surface area (Å²) in [6.45, 7) is 3.43. The van der Waals surface area contributed by atoms with Crippen molar-refractivity contribution in [3.63, 3.8) is 0 Å². The Morgan fingerprint density at radius 1 is 1.08 bits per heavy atom. The first kappa shape index (κ1) is 17.4. The summed E-state index contributed by atoms with van der Waals surface area (Å²) in [6.07, 6.45) is 4.03. The average molecular weight is 362 g/mol. The molecule has 138 valence electrons. The first-order valence-electron chi connectivity index (χ1n) is 8.88. The molecule has 26 heavy (non-hydrogen) atoms. The third kappa shape index (κ3) is 3.10. The molecule has 0 radical (unpaired) electrons. The zero-order valence-corrected chi connectivity index (χ0v) is 14.6. The lowest BCUT2D eigenvalue weighted by molar-refractivity contribution is 0.137. The second kappa shape index (κ2) is 6.63. The summed E-state index contributed by atoms with van der Waals surface area (Å²) in [7, 11) is 0. The van der Waals surface area contributed by atoms with Crippen molar-refractivity contribution >= 4 is 0 Å². The summed E-state index contributed by atoms with van der Waals surface area (Å²) >= 11 is 0. The largest absolute Gasteiger partial charge is 0.327 e. The highest BCUT2D eigenvalue weighted by Gasteiger charge is 2.36. The molecule has 0 unspecified atom stereocenters. The standard InChI is InChI=1S/C19H21F3N4/c1-10-24-7-11-8-26(9-19(11)25-10)12-2-3-13(18(23)4-12)14-5-16(21)17(22)6-15(14)20/h5-7,12-13,18H,2-4,8-9,23H2,1H3/t12-,13+,18-/m0/s1. The van der Waals surface area contributed by atoms with Gasteiger partial charge in [-0.2, -0.15) is 0 Å². The van der Waals surface area contributed by atoms with Crippen molar-refractivity contribution in [1.82, 2.24) is 14.9 Å². The minimum Gasteiger partial charge on any atom is -0.327 e. The quantitative estimate of drug-likeness (QED) is 0.834. The SMILES string of the molecule is Cc1ncc2c(n1)CN([C@H]1CC[C@H](c3cc(F)c(F)cc3F)[C@@H](N)C1)C2. The summed E-state index contributed by atoms with van der Waals surface area (Å²) in [5, 5.41) is 0. The van der Waals surface area contributed by atoms with Crippen LogP contribution in [-0.4, -0.2) is 27.0 Å². The van der Waals surface area contributed by atoms with Crippen molar-refractivity contribution in [2.75, 3.05) is 0 Å². The normalized spacial score (nSPS) is 26.1. The Morgan fingerprint density at radius 2 is 1.85 bits per heavy atom. The fraction of sp³-hybridized carbons (Fsp3) is 0.474. The number of hydrogen-bond donors (Lipinski definition) is 1. The number of halogens is 3. The zero-order valence-electron chi connectivity index (χ0n) is 14.6. The van der Waals surface area contributed by atoms with Crippen molar-refractivity contribution in [1.29, 1.82) is 0 Å². The third-order valence-corrected chi connectivity index (χ3v) is 5.63. The Hall–Kier alpha value is -1.99. The second-order valence-electron chi connectivity index (χ2n) is 7.32. The van der Waals surface area contributed by atoms with Gasteiger partial charge in [-0.05, 0) is 37.8 Å². The van der Waals surface area contributed by atoms with Gasteiger partial charge in [0.2, 0.25) is 0 Å². The van der Waals surface area contributed by atoms with Crippen molar-refractivity contribution < 1.29 is 13.2 Å². The van der Waals surface area contributed by atoms with E-state index in [0.717, 1.165) is 42.7 Å². The van der Waals surface area contributed by atoms with Crippen LogP contribution in [-0.2, 0) is 13.1 Å². The zero-order chi connectivity index (χ0) is 18.4. The first-order chi connectivity index (χ1) is 12.4. The minimum atomic E-state index is -1.17. The van der Waals surface area contributed by atoms with Gasteiger partial charge >= 0.3 is 0 Å². The van der Waals surface area contributed by atoms with Crippen molar-refractivity contribution in [3.8, 4) is 0 Å². The van der Waals surface area contributed by atoms with Crippen LogP contribution in [0.5, 0.6) is 0 Å². The van der Waals surface area contributed by atoms with Crippen LogP contribution in [0.15, 0.2) is 18.3 Å². The van der Waals surface area contributed by atoms with E-state index in [1.807, 2.05) is 13.1 Å². The average Bonchev–Trinajstić information content (AvgIpc) is 3.01. The molecule has 2 aliphatic rings. The number of nitrogens with zero attached hydrogens (tertiary/aromatic N) is 3. The molecule has 1 aromatic heterocycles. The summed E-state index contributed by atoms with van der Waals surface area (Å²) in [6, 6.07) is 1.54. The van der Waals surface area contributed by atoms with Gasteiger partial charge in [-0.25, -0.2) is 23.1 Å². The molecule has 1 saturated carbocycles. The molecule has 0 amide bonds. The van der Waals surface area contributed by atoms with Crippen LogP contribution in [0.3, 0.4) is 0 Å². The van der Waals surface area contributed by atoms with Gasteiger partial charge in [0.05, 0.1) is 5.69 Å². The molecule has 0 saturated heterocycles. The van der Waals surface area contributed by atoms with Crippen LogP contribution in [0, 0.1) is 24.4 Å². The maximum absolute atomic E-state index is 14.1. The van der Waals surface area contributed by atoms with Gasteiger partial charge in [0.1, 0.15) is 11.6 Å². The lowest BCUT2D eigenvalue weighted by Gasteiger charge is -2.38. The number of hydrogen-bond acceptors (Lipinski definition) is 4. The molecule has 4 rings (SSSR count). The Morgan fingerprint density at radius 3 is 2.62 bits per heavy atom. The van der Waals surface area contributed by atoms with E-state index in [2.05, 4.69) is 14.9 Å². The van der Waals surface area contributed by atoms with Crippen LogP contribution < -0.4 is 5.73 Å². The molecule has 2 heterocycles. The maximum Gasteiger partial charge on any atom is 0.161 e. The number of rotatable bonds is 2. The summed E-state index contributed by atoms with van der Waals surface area (Å²) in [4.78, 5) is 11.1. The van der Waals surface area contributed by atoms with Crippen LogP contribution in [0.25, 0.3) is 0 Å². The minimum absolute atomic E-state index is 0.182. The number of benzene rings is 1. The van der Waals surface area contributed by atoms with E-state index < -0.39 is 17.5 Å². The van der Waals surface area contributed by atoms with Gasteiger partial charge in [-0.3, -0.25) is 4.90 Å². The predicted molar refractivity (Wildman–Crippen MR) is 90.7 cm³/mol. The molecule has 0 spiro atoms. The highest BCUT2D eigenvalue weighted by atomic mass is 19.2. The smallest absolute Gasteiger partial charge is 0.161 e. The Balaban J connectivity index is 1.47. The molecule has 2 aromatic rings. The van der Waals surface area contributed by atoms with E-state index in [1.165, 1.54) is 0 Å². The van der Waals surface area contributed by atoms with Crippen molar-refractivity contribution in [2.24, 2.45) is 5.73 Å². The van der Waals surface area contributed by atoms with E-state index in [1.54, 1.807) is 0 Å². The van der Waals surface area contributed by atoms with E-state index in [-0.39, 0.29) is 23.6 Å². The molecule has 1 aromatic carbocycles. The molecular weight excluding hydrogens is 341 g/mol. The molecule has 1 aliphatic carbocycles. The highest BCUT2D eigenvalue weighted by molar-refractivity contribution is 5.27. The van der Waals surface area contributed by atoms with Crippen LogP contribution in [0.1, 0.15) is 47.8 Å². The second-order valence-corrected chi connectivity index (χ2v) is 7.32. The molecule has 1 fully saturated rings. The third-order valence-electron chi connectivity index (χ3n) is 5.63. The van der Waals surface area contributed by atoms with Crippen LogP contribution in [0.4, 0.5) is 13.2 Å². The van der Waals surface area contributed by atoms with Gasteiger partial charge in [0.25, 0.3) is 0 Å². The highest BCUT2D eigenvalue weighted by Crippen LogP contribution is 2.38. The number of aromatic nitrogens is 2. The van der Waals surface area contributed by atoms with Gasteiger partial charge in [0, 0.05) is 48.9 Å². The van der Waals surface area contributed by atoms with Gasteiger partial charge in [-0.1, -0.05) is 0 Å². The van der Waals surface area contributed by atoms with Crippen LogP contribution >= 0.6 is 0 Å². The Kier molecular flexibility index (Phi) is 4.44. The van der Waals surface area contributed by atoms with E-state index in [0.29, 0.717) is 18.9 Å². The predicted octanol–water partition coefficient (Wildman–Crippen LogP) is 3.18. The number of fused-ring (bicyclic) bond motifs is 1. The first-order valence-corrected chi connectivity index (χ1v) is 8.88. The summed E-state index contributed by atoms with van der Waals surface area (Å²) in [5.74, 6) is -2.45. The maximum atomic E-state index is 14.1. The topological polar surface area (TPSA) is 55.0 Å². The Bertz CT molecular complexity index is 842. The van der Waals surface area contributed by atoms with Crippen molar-refractivity contribution in [2.45, 2.75) is 57.3 Å². The monoisotopic (exact) mass is 362 g/mol. The molecule has 4 nitrogen and oxygen atoms in total. The van der Waals surface area contributed by atoms with Gasteiger partial charge in [-0.15, -0.1) is 0 Å². The molecule has 7 heteroatoms. The van der Waals surface area contributed by atoms with E-state index in [9.17, 15) is 13.2 Å². The van der Waals surface area contributed by atoms with Crippen LogP contribution in [0.2, 0.25) is 0 Å². The number of aryl methyl sites for hydroxylation is 1. The molecular formula is C19H21F3N4. The van der Waals surface area contributed by atoms with Crippen molar-refractivity contribution in [3.05, 3.63) is 58.4 Å². The lowest BCUT2D eigenvalue weighted by Crippen LogP contribution is -2.44. The molecule has 3 atom stereocenters. The fourth-order valence-corrected chi connectivity index (χ4v) is 4.26. The summed E-state index contributed by atoms with van der Waals surface area (Å²) in [5.41, 5.74) is 8.69. The van der Waals surface area contributed by atoms with E-state index >= 15 is 0 Å². The van der Waals surface area contributed by atoms with Gasteiger partial charge in [0.15, 0.2) is 11.6 Å². The molecule has 1 aliphatic heterocycles. The summed E-state index contributed by atoms with van der Waals surface area (Å²) < 4.78 is 40.8. The lowest BCUT2D eigenvalue weighted by atomic mass is 9.77. The number of nitrogens with two attached hydrogens (primary N) is 1. The fourth-order valence-electron chi connectivity index (χ4n) is 4.26. The van der Waals surface area contributed by atoms with E-state index in [4.69, 9.17) is 5.73 Å².